The van der Waals surface area contributed by atoms with Crippen LogP contribution in [0.25, 0.3) is 33.8 Å². The molecule has 0 bridgehead atoms. The number of methoxy groups -OCH3 is 5. The number of amides is 1. The van der Waals surface area contributed by atoms with Crippen LogP contribution in [0, 0.1) is 38.0 Å². The number of ether oxygens (including phenoxy) is 5. The van der Waals surface area contributed by atoms with Crippen molar-refractivity contribution in [2.75, 3.05) is 47.5 Å². The monoisotopic (exact) mass is 1510 g/mol. The summed E-state index contributed by atoms with van der Waals surface area (Å²) in [6.45, 7) is 9.76. The topological polar surface area (TPSA) is 268 Å². The molecule has 4 aromatic carbocycles. The molecule has 4 aliphatic carbocycles. The van der Waals surface area contributed by atoms with Crippen LogP contribution >= 0.6 is 11.3 Å². The zero-order valence-corrected chi connectivity index (χ0v) is 60.5. The Labute approximate surface area is 580 Å². The normalized spacial score (nSPS) is 17.9. The van der Waals surface area contributed by atoms with Gasteiger partial charge in [0.15, 0.2) is 9.34 Å². The van der Waals surface area contributed by atoms with Gasteiger partial charge in [0.2, 0.25) is 33.6 Å². The Morgan fingerprint density at radius 1 is 0.542 bits per heavy atom. The van der Waals surface area contributed by atoms with Crippen LogP contribution in [-0.2, 0) is 120 Å². The summed E-state index contributed by atoms with van der Waals surface area (Å²) in [6.07, 6.45) is 5.42. The van der Waals surface area contributed by atoms with Crippen LogP contribution in [-0.4, -0.2) is 118 Å². The fourth-order valence-corrected chi connectivity index (χ4v) is 14.2. The van der Waals surface area contributed by atoms with E-state index in [0.717, 1.165) is 98.5 Å². The van der Waals surface area contributed by atoms with Gasteiger partial charge in [0.1, 0.15) is 0 Å². The number of carbonyl (C=O) groups is 4. The average molecular weight is 1510 g/mol. The van der Waals surface area contributed by atoms with Gasteiger partial charge in [-0.1, -0.05) is 84.1 Å². The quantitative estimate of drug-likeness (QED) is 0.0617. The molecule has 5 heterocycles. The van der Waals surface area contributed by atoms with Gasteiger partial charge in [-0.15, -0.1) is 0 Å². The molecule has 4 aromatic heterocycles. The minimum absolute atomic E-state index is 0. The van der Waals surface area contributed by atoms with Crippen LogP contribution in [0.1, 0.15) is 77.9 Å². The number of thiazole rings is 1. The summed E-state index contributed by atoms with van der Waals surface area (Å²) < 4.78 is 60.7. The van der Waals surface area contributed by atoms with Gasteiger partial charge in [0.05, 0.1) is 87.3 Å². The molecular weight excluding hydrogens is 1430 g/mol. The summed E-state index contributed by atoms with van der Waals surface area (Å²) in [5, 5.41) is 14.7. The van der Waals surface area contributed by atoms with Crippen LogP contribution in [0.2, 0.25) is 0 Å². The summed E-state index contributed by atoms with van der Waals surface area (Å²) in [6, 6.07) is 41.5. The van der Waals surface area contributed by atoms with E-state index in [4.69, 9.17) is 43.2 Å². The van der Waals surface area contributed by atoms with Gasteiger partial charge in [0, 0.05) is 68.9 Å². The summed E-state index contributed by atoms with van der Waals surface area (Å²) in [5.41, 5.74) is 15.5. The maximum atomic E-state index is 13.1. The van der Waals surface area contributed by atoms with Gasteiger partial charge in [-0.05, 0) is 172 Å². The Hall–Kier alpha value is -8.18. The molecule has 3 N–H and O–H groups in total. The van der Waals surface area contributed by atoms with Crippen molar-refractivity contribution in [1.29, 1.82) is 0 Å². The first-order valence-corrected chi connectivity index (χ1v) is 33.2. The number of fused-ring (bicyclic) bond motifs is 4. The van der Waals surface area contributed by atoms with Crippen LogP contribution in [0.4, 0.5) is 5.13 Å². The number of rotatable bonds is 13. The first kappa shape index (κ1) is 73.6. The fraction of sp³-hybridized carbons (Fsp3) is 0.347. The molecule has 1 aliphatic heterocycles. The number of aromatic nitrogens is 4. The zero-order valence-electron chi connectivity index (χ0n) is 56.0. The predicted molar refractivity (Wildman–Crippen MR) is 364 cm³/mol. The second-order valence-corrected chi connectivity index (χ2v) is 27.6. The number of esters is 2. The maximum absolute atomic E-state index is 13.1. The number of aliphatic carboxylic acids is 1. The zero-order chi connectivity index (χ0) is 67.4. The first-order valence-electron chi connectivity index (χ1n) is 30.8. The fourth-order valence-electron chi connectivity index (χ4n) is 12.3. The number of hydrogen-bond donors (Lipinski definition) is 2. The van der Waals surface area contributed by atoms with Gasteiger partial charge in [-0.25, -0.2) is 33.5 Å². The molecule has 0 radical (unpaired) electrons. The van der Waals surface area contributed by atoms with Crippen LogP contribution in [0.15, 0.2) is 132 Å². The molecule has 1 fully saturated rings. The second-order valence-electron chi connectivity index (χ2n) is 24.9. The molecule has 504 valence electrons. The van der Waals surface area contributed by atoms with E-state index >= 15 is 0 Å². The van der Waals surface area contributed by atoms with Crippen LogP contribution < -0.4 is 29.7 Å². The molecule has 4 atom stereocenters. The molecule has 20 nitrogen and oxygen atoms in total. The van der Waals surface area contributed by atoms with Gasteiger partial charge in [-0.3, -0.25) is 24.1 Å². The molecular formula is C72H80BN6O14S2W-. The van der Waals surface area contributed by atoms with E-state index in [2.05, 4.69) is 50.3 Å². The van der Waals surface area contributed by atoms with Crippen LogP contribution in [0.5, 0.6) is 17.6 Å². The van der Waals surface area contributed by atoms with E-state index in [1.807, 2.05) is 113 Å². The van der Waals surface area contributed by atoms with E-state index < -0.39 is 16.0 Å². The third kappa shape index (κ3) is 16.6. The van der Waals surface area contributed by atoms with E-state index in [1.54, 1.807) is 47.4 Å². The Balaban J connectivity index is 0.000000165. The summed E-state index contributed by atoms with van der Waals surface area (Å²) >= 11 is 0.910. The molecule has 96 heavy (non-hydrogen) atoms. The third-order valence-electron chi connectivity index (χ3n) is 18.2. The Morgan fingerprint density at radius 3 is 1.27 bits per heavy atom. The number of primary sulfonamides is 1. The number of carboxylic acid groups (broad SMARTS) is 1. The second kappa shape index (κ2) is 30.9. The third-order valence-corrected chi connectivity index (χ3v) is 21.0. The molecule has 8 aromatic rings. The van der Waals surface area contributed by atoms with E-state index in [9.17, 15) is 27.6 Å². The van der Waals surface area contributed by atoms with Gasteiger partial charge >= 0.3 is 25.0 Å². The molecule has 1 saturated heterocycles. The maximum Gasteiger partial charge on any atom is 0.494 e. The standard InChI is InChI=1S/C21H22N4O4S2.C17H23BO4.C17H17NO3.C16H15NO3.CH3.W/c1-12-20(31(22,27)28)30-21(23-12)25(2)19(26)16-9-13-7-8-14(10-15(13)11-16)17-5-4-6-18(24-17)29-3;1-16(2)17(3,4)22-18(21-16)14-7-6-11-8-13(15(19)20-5)9-12(11)10-14;1-20-16-5-3-4-15(18-16)12-7-6-11-8-14(17(19)21-2)10-13(11)9-12;1-20-15-4-2-3-14(17-15)11-6-5-10-7-13(16(18)19)9-12(10)8-11;;/h4-8,10,16H,9,11H2,1-3H3,(H2,22,27,28);6-7,10,13H,8-9H2,1-5H3;3-7,9,14H,8,10H2,1-2H3;2-6,8,13H,7,9H2,1H3,(H,18,19);1H3;/q;;;;-1;. The van der Waals surface area contributed by atoms with Crippen molar-refractivity contribution >= 4 is 62.9 Å². The number of anilines is 1. The number of nitrogens with two attached hydrogens (primary N) is 1. The molecule has 4 unspecified atom stereocenters. The SMILES string of the molecule is COC(=O)C1Cc2ccc(-c3cccc(OC)n3)cc2C1.COC(=O)C1Cc2ccc(B3OC(C)(C)C(C)(C)O3)cc2C1.COc1cccc(-c2ccc3c(c2)CC(C(=O)N(C)c2nc(C)c(S(N)(=O)=O)s2)C3)n1.COc1cccc(-c2ccc3c(c2)CC(C(=O)O)C3)n1.[CH3-].[W]. The summed E-state index contributed by atoms with van der Waals surface area (Å²) in [7, 11) is 5.06. The molecule has 13 rings (SSSR count). The van der Waals surface area contributed by atoms with Crippen molar-refractivity contribution in [3.05, 3.63) is 185 Å². The first-order chi connectivity index (χ1) is 44.8. The van der Waals surface area contributed by atoms with Crippen molar-refractivity contribution in [2.45, 2.75) is 101 Å². The minimum atomic E-state index is -3.87. The largest absolute Gasteiger partial charge is 0.494 e. The molecule has 0 saturated carbocycles. The Morgan fingerprint density at radius 2 is 0.896 bits per heavy atom. The number of carboxylic acids is 1. The van der Waals surface area contributed by atoms with Crippen molar-refractivity contribution in [3.63, 3.8) is 0 Å². The number of benzene rings is 4. The molecule has 0 spiro atoms. The van der Waals surface area contributed by atoms with Gasteiger partial charge in [0.25, 0.3) is 0 Å². The minimum Gasteiger partial charge on any atom is -0.481 e. The van der Waals surface area contributed by atoms with Crippen LogP contribution in [0.3, 0.4) is 0 Å². The molecule has 24 heteroatoms. The smallest absolute Gasteiger partial charge is 0.481 e. The van der Waals surface area contributed by atoms with E-state index in [-0.39, 0.29) is 92.5 Å². The van der Waals surface area contributed by atoms with E-state index in [1.165, 1.54) is 41.4 Å². The number of hydrogen-bond acceptors (Lipinski definition) is 18. The number of pyridine rings is 3. The predicted octanol–water partition coefficient (Wildman–Crippen LogP) is 10.1. The molecule has 5 aliphatic rings. The number of nitrogens with zero attached hydrogens (tertiary/aromatic N) is 5. The van der Waals surface area contributed by atoms with Crippen molar-refractivity contribution < 1.29 is 86.8 Å². The van der Waals surface area contributed by atoms with E-state index in [0.29, 0.717) is 54.1 Å². The van der Waals surface area contributed by atoms with Gasteiger partial charge in [-0.2, -0.15) is 0 Å². The van der Waals surface area contributed by atoms with Gasteiger partial charge < -0.3 is 45.5 Å². The summed E-state index contributed by atoms with van der Waals surface area (Å²) in [4.78, 5) is 66.6. The number of carbonyl (C=O) groups excluding carboxylic acids is 3. The number of sulfonamides is 1. The number of aryl methyl sites for hydroxylation is 1. The Bertz CT molecular complexity index is 4280. The van der Waals surface area contributed by atoms with Crippen molar-refractivity contribution in [3.8, 4) is 51.4 Å². The van der Waals surface area contributed by atoms with Crippen molar-refractivity contribution in [1.82, 2.24) is 19.9 Å². The Kier molecular flexibility index (Phi) is 23.7. The summed E-state index contributed by atoms with van der Waals surface area (Å²) in [5.74, 6) is -0.0201. The van der Waals surface area contributed by atoms with Crippen molar-refractivity contribution in [2.24, 2.45) is 28.8 Å². The average Bonchev–Trinajstić information content (AvgIpc) is 1.62. The molecule has 1 amide bonds.